The Morgan fingerprint density at radius 1 is 0.867 bits per heavy atom. The van der Waals surface area contributed by atoms with E-state index in [-0.39, 0.29) is 6.61 Å². The monoisotopic (exact) mass is 411 g/mol. The molecule has 0 saturated heterocycles. The van der Waals surface area contributed by atoms with E-state index >= 15 is 0 Å². The van der Waals surface area contributed by atoms with Gasteiger partial charge < -0.3 is 20.1 Å². The first-order valence-electron chi connectivity index (χ1n) is 9.34. The predicted octanol–water partition coefficient (Wildman–Crippen LogP) is 3.00. The number of hydrogen-bond acceptors (Lipinski definition) is 5. The smallest absolute Gasteiger partial charge is 0.414 e. The molecule has 0 aliphatic rings. The molecule has 0 aromatic heterocycles. The van der Waals surface area contributed by atoms with Crippen molar-refractivity contribution in [1.29, 1.82) is 0 Å². The minimum absolute atomic E-state index is 0.139. The molecule has 158 valence electrons. The van der Waals surface area contributed by atoms with Gasteiger partial charge in [-0.25, -0.2) is 9.59 Å². The number of fused-ring (bicyclic) bond motifs is 1. The van der Waals surface area contributed by atoms with Gasteiger partial charge in [-0.1, -0.05) is 60.7 Å². The van der Waals surface area contributed by atoms with Gasteiger partial charge in [0.1, 0.15) is 5.75 Å². The zero-order chi connectivity index (χ0) is 21.9. The van der Waals surface area contributed by atoms with Gasteiger partial charge in [0.15, 0.2) is 0 Å². The van der Waals surface area contributed by atoms with Crippen LogP contribution in [-0.2, 0) is 22.7 Å². The first-order valence-corrected chi connectivity index (χ1v) is 9.34. The lowest BCUT2D eigenvalue weighted by Gasteiger charge is -2.23. The predicted molar refractivity (Wildman–Crippen MR) is 113 cm³/mol. The number of carboxylic acids is 2. The van der Waals surface area contributed by atoms with Crippen LogP contribution in [0, 0.1) is 0 Å². The number of methoxy groups -OCH3 is 1. The van der Waals surface area contributed by atoms with Crippen molar-refractivity contribution < 1.29 is 29.6 Å². The molecule has 7 heteroatoms. The number of hydrogen-bond donors (Lipinski definition) is 3. The van der Waals surface area contributed by atoms with Crippen molar-refractivity contribution in [3.63, 3.8) is 0 Å². The Labute approximate surface area is 174 Å². The van der Waals surface area contributed by atoms with Crippen LogP contribution in [0.5, 0.6) is 5.75 Å². The molecule has 7 nitrogen and oxygen atoms in total. The second kappa shape index (κ2) is 11.5. The van der Waals surface area contributed by atoms with E-state index in [4.69, 9.17) is 24.5 Å². The van der Waals surface area contributed by atoms with Crippen LogP contribution in [-0.4, -0.2) is 52.4 Å². The number of aliphatic carboxylic acids is 2. The van der Waals surface area contributed by atoms with Crippen molar-refractivity contribution in [3.8, 4) is 5.75 Å². The third kappa shape index (κ3) is 6.58. The van der Waals surface area contributed by atoms with Crippen molar-refractivity contribution in [3.05, 3.63) is 77.9 Å². The molecule has 0 aliphatic carbocycles. The molecule has 30 heavy (non-hydrogen) atoms. The molecule has 0 bridgehead atoms. The van der Waals surface area contributed by atoms with E-state index in [2.05, 4.69) is 41.3 Å². The van der Waals surface area contributed by atoms with Crippen LogP contribution in [0.3, 0.4) is 0 Å². The summed E-state index contributed by atoms with van der Waals surface area (Å²) in [6, 6.07) is 22.8. The number of rotatable bonds is 7. The number of aliphatic hydroxyl groups excluding tert-OH is 1. The van der Waals surface area contributed by atoms with Crippen LogP contribution in [0.15, 0.2) is 66.7 Å². The van der Waals surface area contributed by atoms with Gasteiger partial charge >= 0.3 is 11.9 Å². The number of benzene rings is 3. The summed E-state index contributed by atoms with van der Waals surface area (Å²) in [5.41, 5.74) is 2.41. The molecule has 0 amide bonds. The van der Waals surface area contributed by atoms with E-state index < -0.39 is 11.9 Å². The van der Waals surface area contributed by atoms with Crippen LogP contribution < -0.4 is 4.74 Å². The first kappa shape index (κ1) is 22.9. The SMILES string of the molecule is COc1ccc2ccccc2c1CN(CCO)Cc1ccccc1.O=C(O)C(=O)O. The van der Waals surface area contributed by atoms with Crippen LogP contribution in [0.25, 0.3) is 10.8 Å². The second-order valence-electron chi connectivity index (χ2n) is 6.50. The first-order chi connectivity index (χ1) is 14.5. The summed E-state index contributed by atoms with van der Waals surface area (Å²) in [7, 11) is 1.71. The van der Waals surface area contributed by atoms with Crippen LogP contribution >= 0.6 is 0 Å². The van der Waals surface area contributed by atoms with Gasteiger partial charge in [-0.3, -0.25) is 4.90 Å². The standard InChI is InChI=1S/C21H23NO2.C2H2O4/c1-24-21-12-11-18-9-5-6-10-19(18)20(21)16-22(13-14-23)15-17-7-3-2-4-8-17;3-1(4)2(5)6/h2-12,23H,13-16H2,1H3;(H,3,4)(H,5,6). The Balaban J connectivity index is 0.000000469. The minimum Gasteiger partial charge on any atom is -0.496 e. The summed E-state index contributed by atoms with van der Waals surface area (Å²) in [4.78, 5) is 20.4. The van der Waals surface area contributed by atoms with E-state index in [0.717, 1.165) is 18.8 Å². The molecule has 3 N–H and O–H groups in total. The van der Waals surface area contributed by atoms with Crippen LogP contribution in [0.4, 0.5) is 0 Å². The molecule has 3 aromatic carbocycles. The van der Waals surface area contributed by atoms with Gasteiger partial charge in [0.25, 0.3) is 0 Å². The van der Waals surface area contributed by atoms with Gasteiger partial charge in [0.05, 0.1) is 13.7 Å². The van der Waals surface area contributed by atoms with Gasteiger partial charge in [0, 0.05) is 25.2 Å². The van der Waals surface area contributed by atoms with E-state index in [1.54, 1.807) is 7.11 Å². The van der Waals surface area contributed by atoms with Gasteiger partial charge in [-0.2, -0.15) is 0 Å². The van der Waals surface area contributed by atoms with Crippen molar-refractivity contribution in [2.45, 2.75) is 13.1 Å². The number of carboxylic acid groups (broad SMARTS) is 2. The molecule has 0 aliphatic heterocycles. The molecular weight excluding hydrogens is 386 g/mol. The molecule has 0 atom stereocenters. The summed E-state index contributed by atoms with van der Waals surface area (Å²) in [5, 5.41) is 26.6. The summed E-state index contributed by atoms with van der Waals surface area (Å²) in [5.74, 6) is -2.75. The van der Waals surface area contributed by atoms with E-state index in [1.807, 2.05) is 30.3 Å². The van der Waals surface area contributed by atoms with Gasteiger partial charge in [0.2, 0.25) is 0 Å². The topological polar surface area (TPSA) is 107 Å². The van der Waals surface area contributed by atoms with Crippen LogP contribution in [0.2, 0.25) is 0 Å². The van der Waals surface area contributed by atoms with Gasteiger partial charge in [-0.05, 0) is 22.4 Å². The Bertz CT molecular complexity index is 962. The summed E-state index contributed by atoms with van der Waals surface area (Å²) in [6.45, 7) is 2.30. The highest BCUT2D eigenvalue weighted by Crippen LogP contribution is 2.29. The fourth-order valence-electron chi connectivity index (χ4n) is 3.09. The normalized spacial score (nSPS) is 10.4. The fraction of sp³-hybridized carbons (Fsp3) is 0.217. The quantitative estimate of drug-likeness (QED) is 0.513. The Kier molecular flexibility index (Phi) is 8.80. The molecule has 0 saturated carbocycles. The van der Waals surface area contributed by atoms with Crippen molar-refractivity contribution >= 4 is 22.7 Å². The lowest BCUT2D eigenvalue weighted by atomic mass is 10.0. The summed E-state index contributed by atoms with van der Waals surface area (Å²) >= 11 is 0. The molecule has 0 fully saturated rings. The average molecular weight is 411 g/mol. The number of carbonyl (C=O) groups is 2. The maximum atomic E-state index is 9.46. The highest BCUT2D eigenvalue weighted by molar-refractivity contribution is 6.27. The summed E-state index contributed by atoms with van der Waals surface area (Å²) < 4.78 is 5.59. The highest BCUT2D eigenvalue weighted by atomic mass is 16.5. The molecule has 0 radical (unpaired) electrons. The zero-order valence-electron chi connectivity index (χ0n) is 16.7. The molecule has 0 unspecified atom stereocenters. The maximum absolute atomic E-state index is 9.46. The summed E-state index contributed by atoms with van der Waals surface area (Å²) in [6.07, 6.45) is 0. The molecular formula is C23H25NO6. The Morgan fingerprint density at radius 2 is 1.50 bits per heavy atom. The van der Waals surface area contributed by atoms with Crippen molar-refractivity contribution in [1.82, 2.24) is 4.90 Å². The van der Waals surface area contributed by atoms with Crippen molar-refractivity contribution in [2.75, 3.05) is 20.3 Å². The second-order valence-corrected chi connectivity index (χ2v) is 6.50. The largest absolute Gasteiger partial charge is 0.496 e. The minimum atomic E-state index is -1.82. The van der Waals surface area contributed by atoms with E-state index in [9.17, 15) is 5.11 Å². The Hall–Kier alpha value is -3.42. The van der Waals surface area contributed by atoms with E-state index in [1.165, 1.54) is 21.9 Å². The lowest BCUT2D eigenvalue weighted by Crippen LogP contribution is -2.26. The zero-order valence-corrected chi connectivity index (χ0v) is 16.7. The molecule has 0 spiro atoms. The number of nitrogens with zero attached hydrogens (tertiary/aromatic N) is 1. The van der Waals surface area contributed by atoms with E-state index in [0.29, 0.717) is 6.54 Å². The molecule has 3 aromatic rings. The van der Waals surface area contributed by atoms with Gasteiger partial charge in [-0.15, -0.1) is 0 Å². The maximum Gasteiger partial charge on any atom is 0.414 e. The number of ether oxygens (including phenoxy) is 1. The van der Waals surface area contributed by atoms with Crippen LogP contribution in [0.1, 0.15) is 11.1 Å². The number of aliphatic hydroxyl groups is 1. The fourth-order valence-corrected chi connectivity index (χ4v) is 3.09. The third-order valence-electron chi connectivity index (χ3n) is 4.45. The van der Waals surface area contributed by atoms with Crippen molar-refractivity contribution in [2.24, 2.45) is 0 Å². The lowest BCUT2D eigenvalue weighted by molar-refractivity contribution is -0.159. The highest BCUT2D eigenvalue weighted by Gasteiger charge is 2.13. The third-order valence-corrected chi connectivity index (χ3v) is 4.45. The molecule has 3 rings (SSSR count). The Morgan fingerprint density at radius 3 is 2.10 bits per heavy atom. The average Bonchev–Trinajstić information content (AvgIpc) is 2.75. The molecule has 0 heterocycles.